The van der Waals surface area contributed by atoms with Crippen LogP contribution in [0.25, 0.3) is 10.8 Å². The molecule has 0 aliphatic carbocycles. The molecule has 1 heterocycles. The predicted molar refractivity (Wildman–Crippen MR) is 138 cm³/mol. The Balaban J connectivity index is 1.28. The maximum atomic E-state index is 13.4. The fourth-order valence-corrected chi connectivity index (χ4v) is 4.69. The molecule has 2 atom stereocenters. The number of hydrogen-bond acceptors (Lipinski definition) is 4. The van der Waals surface area contributed by atoms with E-state index in [1.165, 1.54) is 0 Å². The number of hydrogen-bond donors (Lipinski definition) is 1. The van der Waals surface area contributed by atoms with E-state index in [1.807, 2.05) is 66.4 Å². The van der Waals surface area contributed by atoms with Gasteiger partial charge >= 0.3 is 0 Å². The summed E-state index contributed by atoms with van der Waals surface area (Å²) in [6, 6.07) is 21.5. The van der Waals surface area contributed by atoms with Crippen molar-refractivity contribution in [3.63, 3.8) is 0 Å². The van der Waals surface area contributed by atoms with Crippen molar-refractivity contribution in [2.24, 2.45) is 5.92 Å². The lowest BCUT2D eigenvalue weighted by Crippen LogP contribution is -2.45. The zero-order valence-corrected chi connectivity index (χ0v) is 20.5. The molecule has 0 spiro atoms. The number of nitrogens with zero attached hydrogens (tertiary/aromatic N) is 1. The predicted octanol–water partition coefficient (Wildman–Crippen LogP) is 4.98. The Hall–Kier alpha value is -3.38. The Kier molecular flexibility index (Phi) is 8.37. The molecule has 1 saturated heterocycles. The van der Waals surface area contributed by atoms with Gasteiger partial charge in [0, 0.05) is 37.2 Å². The highest BCUT2D eigenvalue weighted by atomic mass is 16.5. The molecular formula is C29H34N2O4. The highest BCUT2D eigenvalue weighted by Crippen LogP contribution is 2.30. The molecular weight excluding hydrogens is 440 g/mol. The topological polar surface area (TPSA) is 67.9 Å². The van der Waals surface area contributed by atoms with Crippen LogP contribution in [0.3, 0.4) is 0 Å². The molecule has 3 aromatic rings. The second-order valence-electron chi connectivity index (χ2n) is 9.02. The molecule has 1 fully saturated rings. The molecule has 4 rings (SSSR count). The van der Waals surface area contributed by atoms with E-state index in [0.29, 0.717) is 31.8 Å². The second kappa shape index (κ2) is 11.8. The maximum Gasteiger partial charge on any atom is 0.254 e. The van der Waals surface area contributed by atoms with E-state index in [1.54, 1.807) is 7.11 Å². The zero-order valence-electron chi connectivity index (χ0n) is 20.5. The average Bonchev–Trinajstić information content (AvgIpc) is 2.92. The smallest absolute Gasteiger partial charge is 0.254 e. The molecule has 6 nitrogen and oxygen atoms in total. The molecule has 1 aliphatic rings. The molecule has 6 heteroatoms. The highest BCUT2D eigenvalue weighted by Gasteiger charge is 2.29. The number of methoxy groups -OCH3 is 1. The van der Waals surface area contributed by atoms with Crippen LogP contribution in [-0.4, -0.2) is 50.1 Å². The summed E-state index contributed by atoms with van der Waals surface area (Å²) >= 11 is 0. The largest absolute Gasteiger partial charge is 0.496 e. The Morgan fingerprint density at radius 3 is 2.54 bits per heavy atom. The molecule has 0 saturated carbocycles. The molecule has 35 heavy (non-hydrogen) atoms. The van der Waals surface area contributed by atoms with E-state index in [9.17, 15) is 9.59 Å². The first-order valence-electron chi connectivity index (χ1n) is 12.4. The van der Waals surface area contributed by atoms with E-state index in [-0.39, 0.29) is 23.8 Å². The average molecular weight is 475 g/mol. The lowest BCUT2D eigenvalue weighted by molar-refractivity contribution is -0.126. The third-order valence-electron chi connectivity index (χ3n) is 6.67. The number of nitrogens with one attached hydrogen (secondary N) is 1. The van der Waals surface area contributed by atoms with Gasteiger partial charge in [-0.05, 0) is 49.3 Å². The van der Waals surface area contributed by atoms with Crippen LogP contribution in [0, 0.1) is 5.92 Å². The number of likely N-dealkylation sites (tertiary alicyclic amines) is 1. The fourth-order valence-electron chi connectivity index (χ4n) is 4.69. The molecule has 1 aliphatic heterocycles. The molecule has 0 radical (unpaired) electrons. The third-order valence-corrected chi connectivity index (χ3v) is 6.67. The van der Waals surface area contributed by atoms with Crippen LogP contribution in [0.1, 0.15) is 48.2 Å². The summed E-state index contributed by atoms with van der Waals surface area (Å²) in [5.41, 5.74) is 1.79. The van der Waals surface area contributed by atoms with Crippen molar-refractivity contribution in [1.82, 2.24) is 10.2 Å². The number of carbonyl (C=O) groups is 2. The van der Waals surface area contributed by atoms with Crippen molar-refractivity contribution in [2.45, 2.75) is 32.3 Å². The van der Waals surface area contributed by atoms with Gasteiger partial charge in [0.05, 0.1) is 19.1 Å². The summed E-state index contributed by atoms with van der Waals surface area (Å²) in [4.78, 5) is 28.0. The normalized spacial score (nSPS) is 16.6. The summed E-state index contributed by atoms with van der Waals surface area (Å²) in [5, 5.41) is 4.82. The first-order valence-corrected chi connectivity index (χ1v) is 12.4. The first-order chi connectivity index (χ1) is 17.1. The van der Waals surface area contributed by atoms with Crippen LogP contribution in [0.5, 0.6) is 5.75 Å². The van der Waals surface area contributed by atoms with E-state index < -0.39 is 0 Å². The standard InChI is InChI=1S/C29H34N2O4/c1-21(22-10-4-3-5-11-22)35-19-9-17-30-28(32)23-12-8-18-31(20-23)29(33)26-15-16-27(34-2)25-14-7-6-13-24(25)26/h3-7,10-11,13-16,21,23H,8-9,12,17-20H2,1-2H3,(H,30,32). The maximum absolute atomic E-state index is 13.4. The fraction of sp³-hybridized carbons (Fsp3) is 0.379. The molecule has 0 bridgehead atoms. The van der Waals surface area contributed by atoms with Crippen molar-refractivity contribution in [3.05, 3.63) is 77.9 Å². The monoisotopic (exact) mass is 474 g/mol. The first kappa shape index (κ1) is 24.7. The van der Waals surface area contributed by atoms with Gasteiger partial charge in [-0.3, -0.25) is 9.59 Å². The molecule has 2 amide bonds. The van der Waals surface area contributed by atoms with Crippen LogP contribution < -0.4 is 10.1 Å². The van der Waals surface area contributed by atoms with Gasteiger partial charge in [0.2, 0.25) is 5.91 Å². The molecule has 3 aromatic carbocycles. The van der Waals surface area contributed by atoms with Gasteiger partial charge in [-0.2, -0.15) is 0 Å². The van der Waals surface area contributed by atoms with Gasteiger partial charge in [0.15, 0.2) is 0 Å². The van der Waals surface area contributed by atoms with Gasteiger partial charge < -0.3 is 19.7 Å². The summed E-state index contributed by atoms with van der Waals surface area (Å²) in [6.45, 7) is 4.28. The van der Waals surface area contributed by atoms with Gasteiger partial charge in [-0.1, -0.05) is 54.6 Å². The number of fused-ring (bicyclic) bond motifs is 1. The van der Waals surface area contributed by atoms with Gasteiger partial charge in [0.25, 0.3) is 5.91 Å². The Morgan fingerprint density at radius 1 is 1.03 bits per heavy atom. The van der Waals surface area contributed by atoms with E-state index in [2.05, 4.69) is 17.4 Å². The molecule has 0 aromatic heterocycles. The molecule has 2 unspecified atom stereocenters. The van der Waals surface area contributed by atoms with Gasteiger partial charge in [-0.25, -0.2) is 0 Å². The Bertz CT molecular complexity index is 1150. The summed E-state index contributed by atoms with van der Waals surface area (Å²) in [7, 11) is 1.63. The SMILES string of the molecule is COc1ccc(C(=O)N2CCCC(C(=O)NCCCOC(C)c3ccccc3)C2)c2ccccc12. The Morgan fingerprint density at radius 2 is 1.77 bits per heavy atom. The van der Waals surface area contributed by atoms with E-state index in [0.717, 1.165) is 41.3 Å². The minimum Gasteiger partial charge on any atom is -0.496 e. The summed E-state index contributed by atoms with van der Waals surface area (Å²) in [6.07, 6.45) is 2.38. The quantitative estimate of drug-likeness (QED) is 0.444. The lowest BCUT2D eigenvalue weighted by atomic mass is 9.95. The van der Waals surface area contributed by atoms with E-state index in [4.69, 9.17) is 9.47 Å². The number of rotatable bonds is 9. The summed E-state index contributed by atoms with van der Waals surface area (Å²) in [5.74, 6) is 0.527. The van der Waals surface area contributed by atoms with Crippen molar-refractivity contribution in [3.8, 4) is 5.75 Å². The number of ether oxygens (including phenoxy) is 2. The van der Waals surface area contributed by atoms with Crippen LogP contribution in [0.2, 0.25) is 0 Å². The van der Waals surface area contributed by atoms with Crippen molar-refractivity contribution in [2.75, 3.05) is 33.4 Å². The van der Waals surface area contributed by atoms with Crippen LogP contribution in [0.15, 0.2) is 66.7 Å². The number of piperidine rings is 1. The second-order valence-corrected chi connectivity index (χ2v) is 9.02. The van der Waals surface area contributed by atoms with Crippen molar-refractivity contribution in [1.29, 1.82) is 0 Å². The summed E-state index contributed by atoms with van der Waals surface area (Å²) < 4.78 is 11.4. The molecule has 184 valence electrons. The van der Waals surface area contributed by atoms with Crippen LogP contribution in [0.4, 0.5) is 0 Å². The van der Waals surface area contributed by atoms with Crippen molar-refractivity contribution >= 4 is 22.6 Å². The van der Waals surface area contributed by atoms with Gasteiger partial charge in [-0.15, -0.1) is 0 Å². The minimum absolute atomic E-state index is 0.0122. The Labute approximate surface area is 207 Å². The number of carbonyl (C=O) groups excluding carboxylic acids is 2. The van der Waals surface area contributed by atoms with Crippen molar-refractivity contribution < 1.29 is 19.1 Å². The van der Waals surface area contributed by atoms with E-state index >= 15 is 0 Å². The van der Waals surface area contributed by atoms with Crippen LogP contribution >= 0.6 is 0 Å². The molecule has 1 N–H and O–H groups in total. The third kappa shape index (κ3) is 6.01. The van der Waals surface area contributed by atoms with Gasteiger partial charge in [0.1, 0.15) is 5.75 Å². The van der Waals surface area contributed by atoms with Crippen LogP contribution in [-0.2, 0) is 9.53 Å². The highest BCUT2D eigenvalue weighted by molar-refractivity contribution is 6.08. The lowest BCUT2D eigenvalue weighted by Gasteiger charge is -2.32. The number of amides is 2. The number of benzene rings is 3. The zero-order chi connectivity index (χ0) is 24.6. The minimum atomic E-state index is -0.193.